The van der Waals surface area contributed by atoms with Gasteiger partial charge in [-0.3, -0.25) is 4.99 Å². The van der Waals surface area contributed by atoms with Gasteiger partial charge in [0.15, 0.2) is 23.3 Å². The highest BCUT2D eigenvalue weighted by molar-refractivity contribution is 5.79. The highest BCUT2D eigenvalue weighted by Gasteiger charge is 2.21. The molecule has 0 atom stereocenters. The average Bonchev–Trinajstić information content (AvgIpc) is 3.38. The van der Waals surface area contributed by atoms with Crippen molar-refractivity contribution in [3.8, 4) is 11.5 Å². The fourth-order valence-corrected chi connectivity index (χ4v) is 4.41. The molecule has 1 saturated carbocycles. The summed E-state index contributed by atoms with van der Waals surface area (Å²) in [5, 5.41) is 15.5. The van der Waals surface area contributed by atoms with Crippen LogP contribution in [0, 0.1) is 0 Å². The van der Waals surface area contributed by atoms with E-state index in [0.717, 1.165) is 60.5 Å². The number of aryl methyl sites for hydroxylation is 1. The molecule has 2 N–H and O–H groups in total. The first-order valence-corrected chi connectivity index (χ1v) is 11.5. The van der Waals surface area contributed by atoms with Crippen LogP contribution in [-0.2, 0) is 26.1 Å². The van der Waals surface area contributed by atoms with Crippen LogP contribution in [0.3, 0.4) is 0 Å². The van der Waals surface area contributed by atoms with Gasteiger partial charge in [0.2, 0.25) is 0 Å². The Bertz CT molecular complexity index is 888. The lowest BCUT2D eigenvalue weighted by atomic mass is 10.1. The van der Waals surface area contributed by atoms with Crippen LogP contribution in [0.25, 0.3) is 0 Å². The van der Waals surface area contributed by atoms with Crippen LogP contribution in [0.15, 0.2) is 23.2 Å². The second-order valence-corrected chi connectivity index (χ2v) is 8.25. The zero-order chi connectivity index (χ0) is 21.5. The summed E-state index contributed by atoms with van der Waals surface area (Å²) in [5.41, 5.74) is 1.06. The molecule has 1 fully saturated rings. The quantitative estimate of drug-likeness (QED) is 0.522. The molecule has 0 radical (unpaired) electrons. The number of nitrogens with one attached hydrogen (secondary N) is 2. The Morgan fingerprint density at radius 1 is 1.10 bits per heavy atom. The zero-order valence-corrected chi connectivity index (χ0v) is 18.7. The van der Waals surface area contributed by atoms with Gasteiger partial charge in [0.25, 0.3) is 0 Å². The number of rotatable bonds is 7. The molecule has 0 amide bonds. The third-order valence-electron chi connectivity index (χ3n) is 6.14. The molecule has 0 bridgehead atoms. The van der Waals surface area contributed by atoms with Gasteiger partial charge in [0.05, 0.1) is 19.8 Å². The summed E-state index contributed by atoms with van der Waals surface area (Å²) in [7, 11) is 3.47. The van der Waals surface area contributed by atoms with Gasteiger partial charge in [-0.2, -0.15) is 0 Å². The van der Waals surface area contributed by atoms with E-state index in [1.165, 1.54) is 32.1 Å². The number of hydrogen-bond acceptors (Lipinski definition) is 5. The minimum absolute atomic E-state index is 0.274. The summed E-state index contributed by atoms with van der Waals surface area (Å²) in [6.07, 6.45) is 9.60. The lowest BCUT2D eigenvalue weighted by molar-refractivity contribution is 0.198. The molecule has 0 unspecified atom stereocenters. The lowest BCUT2D eigenvalue weighted by Gasteiger charge is -2.20. The van der Waals surface area contributed by atoms with Crippen molar-refractivity contribution in [2.75, 3.05) is 14.2 Å². The molecule has 1 aromatic carbocycles. The van der Waals surface area contributed by atoms with Gasteiger partial charge in [-0.1, -0.05) is 18.6 Å². The highest BCUT2D eigenvalue weighted by Crippen LogP contribution is 2.34. The van der Waals surface area contributed by atoms with E-state index in [0.29, 0.717) is 13.1 Å². The summed E-state index contributed by atoms with van der Waals surface area (Å²) >= 11 is 0. The van der Waals surface area contributed by atoms with Crippen molar-refractivity contribution < 1.29 is 9.47 Å². The number of nitrogens with zero attached hydrogens (tertiary/aromatic N) is 4. The number of ether oxygens (including phenoxy) is 2. The van der Waals surface area contributed by atoms with E-state index < -0.39 is 0 Å². The van der Waals surface area contributed by atoms with Crippen LogP contribution in [0.1, 0.15) is 62.2 Å². The molecule has 8 heteroatoms. The van der Waals surface area contributed by atoms with Crippen molar-refractivity contribution in [2.24, 2.45) is 4.99 Å². The van der Waals surface area contributed by atoms with Gasteiger partial charge < -0.3 is 24.7 Å². The number of aromatic nitrogens is 3. The zero-order valence-electron chi connectivity index (χ0n) is 18.7. The smallest absolute Gasteiger partial charge is 0.191 e. The molecule has 1 aliphatic carbocycles. The van der Waals surface area contributed by atoms with E-state index >= 15 is 0 Å². The minimum atomic E-state index is 0.274. The van der Waals surface area contributed by atoms with Gasteiger partial charge in [-0.25, -0.2) is 0 Å². The normalized spacial score (nSPS) is 17.2. The Balaban J connectivity index is 1.38. The van der Waals surface area contributed by atoms with Crippen molar-refractivity contribution in [1.82, 2.24) is 25.4 Å². The molecule has 31 heavy (non-hydrogen) atoms. The number of aliphatic imine (C=N–C) groups is 1. The molecular formula is C23H34N6O2. The van der Waals surface area contributed by atoms with Gasteiger partial charge in [-0.15, -0.1) is 10.2 Å². The van der Waals surface area contributed by atoms with Crippen LogP contribution < -0.4 is 20.1 Å². The molecule has 2 heterocycles. The number of fused-ring (bicyclic) bond motifs is 1. The molecule has 0 saturated heterocycles. The van der Waals surface area contributed by atoms with Crippen LogP contribution in [0.5, 0.6) is 11.5 Å². The first kappa shape index (κ1) is 21.5. The van der Waals surface area contributed by atoms with Crippen molar-refractivity contribution in [3.05, 3.63) is 35.4 Å². The first-order chi connectivity index (χ1) is 15.3. The number of para-hydroxylation sites is 1. The Morgan fingerprint density at radius 3 is 2.74 bits per heavy atom. The number of hydrogen-bond donors (Lipinski definition) is 2. The molecule has 4 rings (SSSR count). The Morgan fingerprint density at radius 2 is 1.94 bits per heavy atom. The number of guanidine groups is 1. The third-order valence-corrected chi connectivity index (χ3v) is 6.14. The molecule has 1 aromatic heterocycles. The summed E-state index contributed by atoms with van der Waals surface area (Å²) < 4.78 is 14.2. The molecule has 2 aromatic rings. The monoisotopic (exact) mass is 426 g/mol. The minimum Gasteiger partial charge on any atom is -0.493 e. The molecule has 1 aliphatic heterocycles. The van der Waals surface area contributed by atoms with Gasteiger partial charge in [0, 0.05) is 32.1 Å². The molecule has 168 valence electrons. The fraction of sp³-hybridized carbons (Fsp3) is 0.609. The number of methoxy groups -OCH3 is 1. The van der Waals surface area contributed by atoms with E-state index in [9.17, 15) is 0 Å². The van der Waals surface area contributed by atoms with Crippen molar-refractivity contribution in [1.29, 1.82) is 0 Å². The largest absolute Gasteiger partial charge is 0.493 e. The maximum Gasteiger partial charge on any atom is 0.191 e. The second kappa shape index (κ2) is 10.5. The van der Waals surface area contributed by atoms with E-state index in [4.69, 9.17) is 9.47 Å². The lowest BCUT2D eigenvalue weighted by Crippen LogP contribution is -2.37. The third kappa shape index (κ3) is 5.29. The van der Waals surface area contributed by atoms with Gasteiger partial charge in [-0.05, 0) is 44.6 Å². The molecular weight excluding hydrogens is 392 g/mol. The summed E-state index contributed by atoms with van der Waals surface area (Å²) in [4.78, 5) is 4.37. The fourth-order valence-electron chi connectivity index (χ4n) is 4.41. The van der Waals surface area contributed by atoms with E-state index in [1.807, 2.05) is 12.1 Å². The van der Waals surface area contributed by atoms with Crippen molar-refractivity contribution in [2.45, 2.75) is 77.1 Å². The van der Waals surface area contributed by atoms with Crippen molar-refractivity contribution >= 4 is 5.96 Å². The van der Waals surface area contributed by atoms with Gasteiger partial charge in [0.1, 0.15) is 5.82 Å². The predicted molar refractivity (Wildman–Crippen MR) is 120 cm³/mol. The summed E-state index contributed by atoms with van der Waals surface area (Å²) in [6, 6.07) is 6.03. The van der Waals surface area contributed by atoms with Gasteiger partial charge >= 0.3 is 0 Å². The van der Waals surface area contributed by atoms with Crippen LogP contribution in [0.4, 0.5) is 0 Å². The highest BCUT2D eigenvalue weighted by atomic mass is 16.5. The van der Waals surface area contributed by atoms with E-state index in [-0.39, 0.29) is 6.10 Å². The number of benzene rings is 1. The predicted octanol–water partition coefficient (Wildman–Crippen LogP) is 3.20. The Kier molecular flexibility index (Phi) is 7.27. The van der Waals surface area contributed by atoms with E-state index in [2.05, 4.69) is 36.5 Å². The Hall–Kier alpha value is -2.77. The standard InChI is InChI=1S/C23H34N6O2/c1-24-23(26-16-21-28-27-20-13-4-3-7-14-29(20)21)25-15-17-9-8-12-19(30-2)22(17)31-18-10-5-6-11-18/h8-9,12,18H,3-7,10-11,13-16H2,1-2H3,(H2,24,25,26). The summed E-state index contributed by atoms with van der Waals surface area (Å²) in [5.74, 6) is 4.40. The van der Waals surface area contributed by atoms with E-state index in [1.54, 1.807) is 14.2 Å². The average molecular weight is 427 g/mol. The van der Waals surface area contributed by atoms with Crippen LogP contribution in [-0.4, -0.2) is 41.0 Å². The molecule has 8 nitrogen and oxygen atoms in total. The maximum atomic E-state index is 6.34. The molecule has 2 aliphatic rings. The molecule has 0 spiro atoms. The maximum absolute atomic E-state index is 6.34. The topological polar surface area (TPSA) is 85.6 Å². The van der Waals surface area contributed by atoms with Crippen LogP contribution >= 0.6 is 0 Å². The first-order valence-electron chi connectivity index (χ1n) is 11.5. The second-order valence-electron chi connectivity index (χ2n) is 8.25. The van der Waals surface area contributed by atoms with Crippen molar-refractivity contribution in [3.63, 3.8) is 0 Å². The van der Waals surface area contributed by atoms with Crippen LogP contribution in [0.2, 0.25) is 0 Å². The SMILES string of the molecule is CN=C(NCc1cccc(OC)c1OC1CCCC1)NCc1nnc2n1CCCCC2. The summed E-state index contributed by atoms with van der Waals surface area (Å²) in [6.45, 7) is 2.18. The Labute approximate surface area is 184 Å².